The average Bonchev–Trinajstić information content (AvgIpc) is 3.45. The Morgan fingerprint density at radius 1 is 0.933 bits per heavy atom. The molecule has 0 aromatic heterocycles. The number of ether oxygens (including phenoxy) is 3. The maximum atomic E-state index is 6.44. The molecule has 0 saturated heterocycles. The molecule has 5 heteroatoms. The summed E-state index contributed by atoms with van der Waals surface area (Å²) >= 11 is 0. The first kappa shape index (κ1) is 17.4. The van der Waals surface area contributed by atoms with Gasteiger partial charge in [0, 0.05) is 23.1 Å². The van der Waals surface area contributed by atoms with Crippen molar-refractivity contribution >= 4 is 5.71 Å². The molecular formula is C25H22N2O3. The van der Waals surface area contributed by atoms with Crippen molar-refractivity contribution in [1.82, 2.24) is 5.01 Å². The molecule has 0 radical (unpaired) electrons. The van der Waals surface area contributed by atoms with E-state index in [0.717, 1.165) is 46.9 Å². The monoisotopic (exact) mass is 398 g/mol. The van der Waals surface area contributed by atoms with Crippen LogP contribution in [-0.4, -0.2) is 17.5 Å². The Balaban J connectivity index is 1.41. The maximum Gasteiger partial charge on any atom is 0.231 e. The van der Waals surface area contributed by atoms with Gasteiger partial charge in [0.15, 0.2) is 11.5 Å². The highest BCUT2D eigenvalue weighted by Gasteiger charge is 2.41. The van der Waals surface area contributed by atoms with Gasteiger partial charge in [-0.15, -0.1) is 0 Å². The van der Waals surface area contributed by atoms with Gasteiger partial charge in [-0.05, 0) is 36.2 Å². The van der Waals surface area contributed by atoms with Crippen LogP contribution in [0.25, 0.3) is 0 Å². The Kier molecular flexibility index (Phi) is 3.94. The Morgan fingerprint density at radius 2 is 1.77 bits per heavy atom. The lowest BCUT2D eigenvalue weighted by atomic mass is 9.95. The average molecular weight is 398 g/mol. The van der Waals surface area contributed by atoms with E-state index in [-0.39, 0.29) is 19.1 Å². The van der Waals surface area contributed by atoms with Crippen LogP contribution in [0, 0.1) is 0 Å². The van der Waals surface area contributed by atoms with E-state index < -0.39 is 0 Å². The van der Waals surface area contributed by atoms with Gasteiger partial charge in [-0.25, -0.2) is 5.01 Å². The van der Waals surface area contributed by atoms with Gasteiger partial charge in [-0.2, -0.15) is 5.10 Å². The molecule has 0 amide bonds. The minimum atomic E-state index is -0.248. The fourth-order valence-corrected chi connectivity index (χ4v) is 4.42. The number of hydrazone groups is 1. The van der Waals surface area contributed by atoms with Gasteiger partial charge in [0.1, 0.15) is 5.75 Å². The van der Waals surface area contributed by atoms with Crippen molar-refractivity contribution in [2.45, 2.75) is 32.0 Å². The summed E-state index contributed by atoms with van der Waals surface area (Å²) in [5, 5.41) is 7.15. The van der Waals surface area contributed by atoms with Crippen LogP contribution in [0.15, 0.2) is 71.8 Å². The molecule has 0 aliphatic carbocycles. The van der Waals surface area contributed by atoms with Crippen LogP contribution < -0.4 is 14.2 Å². The number of aryl methyl sites for hydroxylation is 1. The first-order valence-electron chi connectivity index (χ1n) is 10.4. The second-order valence-corrected chi connectivity index (χ2v) is 7.82. The lowest BCUT2D eigenvalue weighted by Crippen LogP contribution is -2.33. The summed E-state index contributed by atoms with van der Waals surface area (Å²) in [6, 6.07) is 23.1. The summed E-state index contributed by atoms with van der Waals surface area (Å²) in [7, 11) is 0. The summed E-state index contributed by atoms with van der Waals surface area (Å²) in [6.07, 6.45) is 1.60. The molecule has 3 aromatic rings. The standard InChI is InChI=1S/C25H22N2O3/c1-2-16-7-9-17(10-8-16)25-27-21(19-5-3-4-6-22(19)30-25)14-20(26-27)18-11-12-23-24(13-18)29-15-28-23/h3-13,21,25H,2,14-15H2,1H3/t21-,25-/m1/s1. The van der Waals surface area contributed by atoms with Gasteiger partial charge in [-0.3, -0.25) is 0 Å². The smallest absolute Gasteiger partial charge is 0.231 e. The molecule has 0 unspecified atom stereocenters. The molecule has 2 atom stereocenters. The van der Waals surface area contributed by atoms with Crippen LogP contribution in [0.2, 0.25) is 0 Å². The number of para-hydroxylation sites is 1. The van der Waals surface area contributed by atoms with Crippen molar-refractivity contribution in [3.8, 4) is 17.2 Å². The molecule has 150 valence electrons. The Bertz CT molecular complexity index is 1140. The Morgan fingerprint density at radius 3 is 2.63 bits per heavy atom. The van der Waals surface area contributed by atoms with Crippen LogP contribution in [0.3, 0.4) is 0 Å². The van der Waals surface area contributed by atoms with E-state index in [1.807, 2.05) is 18.2 Å². The summed E-state index contributed by atoms with van der Waals surface area (Å²) in [5.41, 5.74) is 5.71. The number of rotatable bonds is 3. The van der Waals surface area contributed by atoms with Gasteiger partial charge < -0.3 is 14.2 Å². The summed E-state index contributed by atoms with van der Waals surface area (Å²) in [4.78, 5) is 0. The highest BCUT2D eigenvalue weighted by Crippen LogP contribution is 2.47. The fourth-order valence-electron chi connectivity index (χ4n) is 4.42. The van der Waals surface area contributed by atoms with Crippen LogP contribution in [0.5, 0.6) is 17.2 Å². The van der Waals surface area contributed by atoms with Crippen LogP contribution in [0.4, 0.5) is 0 Å². The summed E-state index contributed by atoms with van der Waals surface area (Å²) in [5.74, 6) is 2.51. The van der Waals surface area contributed by atoms with E-state index >= 15 is 0 Å². The minimum absolute atomic E-state index is 0.145. The van der Waals surface area contributed by atoms with Crippen molar-refractivity contribution < 1.29 is 14.2 Å². The highest BCUT2D eigenvalue weighted by molar-refractivity contribution is 6.02. The predicted octanol–water partition coefficient (Wildman–Crippen LogP) is 5.22. The van der Waals surface area contributed by atoms with Crippen LogP contribution >= 0.6 is 0 Å². The Hall–Kier alpha value is -3.47. The van der Waals surface area contributed by atoms with Crippen molar-refractivity contribution in [2.75, 3.05) is 6.79 Å². The zero-order chi connectivity index (χ0) is 20.1. The van der Waals surface area contributed by atoms with E-state index in [0.29, 0.717) is 0 Å². The van der Waals surface area contributed by atoms with E-state index in [1.54, 1.807) is 0 Å². The van der Waals surface area contributed by atoms with Gasteiger partial charge in [0.2, 0.25) is 13.0 Å². The molecule has 3 aromatic carbocycles. The quantitative estimate of drug-likeness (QED) is 0.607. The van der Waals surface area contributed by atoms with E-state index in [1.165, 1.54) is 11.1 Å². The molecule has 0 N–H and O–H groups in total. The zero-order valence-electron chi connectivity index (χ0n) is 16.7. The predicted molar refractivity (Wildman–Crippen MR) is 114 cm³/mol. The molecule has 0 saturated carbocycles. The number of hydrogen-bond donors (Lipinski definition) is 0. The molecule has 0 bridgehead atoms. The largest absolute Gasteiger partial charge is 0.464 e. The molecule has 0 spiro atoms. The van der Waals surface area contributed by atoms with Gasteiger partial charge in [0.05, 0.1) is 11.8 Å². The summed E-state index contributed by atoms with van der Waals surface area (Å²) in [6.45, 7) is 2.44. The van der Waals surface area contributed by atoms with Gasteiger partial charge in [-0.1, -0.05) is 49.4 Å². The maximum absolute atomic E-state index is 6.44. The fraction of sp³-hybridized carbons (Fsp3) is 0.240. The molecular weight excluding hydrogens is 376 g/mol. The second kappa shape index (κ2) is 6.80. The molecule has 3 aliphatic rings. The number of nitrogens with zero attached hydrogens (tertiary/aromatic N) is 2. The molecule has 0 fully saturated rings. The number of hydrogen-bond acceptors (Lipinski definition) is 5. The second-order valence-electron chi connectivity index (χ2n) is 7.82. The molecule has 6 rings (SSSR count). The summed E-state index contributed by atoms with van der Waals surface area (Å²) < 4.78 is 17.5. The van der Waals surface area contributed by atoms with E-state index in [4.69, 9.17) is 19.3 Å². The van der Waals surface area contributed by atoms with Crippen molar-refractivity contribution in [2.24, 2.45) is 5.10 Å². The molecule has 30 heavy (non-hydrogen) atoms. The first-order valence-corrected chi connectivity index (χ1v) is 10.4. The molecule has 5 nitrogen and oxygen atoms in total. The Labute approximate surface area is 175 Å². The van der Waals surface area contributed by atoms with E-state index in [9.17, 15) is 0 Å². The van der Waals surface area contributed by atoms with E-state index in [2.05, 4.69) is 60.5 Å². The van der Waals surface area contributed by atoms with Gasteiger partial charge >= 0.3 is 0 Å². The first-order chi connectivity index (χ1) is 14.8. The lowest BCUT2D eigenvalue weighted by molar-refractivity contribution is -0.0190. The van der Waals surface area contributed by atoms with Gasteiger partial charge in [0.25, 0.3) is 0 Å². The third-order valence-corrected chi connectivity index (χ3v) is 6.08. The highest BCUT2D eigenvalue weighted by atomic mass is 16.7. The SMILES string of the molecule is CCc1ccc([C@H]2Oc3ccccc3[C@H]3CC(c4ccc5c(c4)OCO5)=NN32)cc1. The number of fused-ring (bicyclic) bond motifs is 4. The zero-order valence-corrected chi connectivity index (χ0v) is 16.7. The lowest BCUT2D eigenvalue weighted by Gasteiger charge is -2.38. The topological polar surface area (TPSA) is 43.3 Å². The normalized spacial score (nSPS) is 21.0. The van der Waals surface area contributed by atoms with Crippen molar-refractivity contribution in [3.63, 3.8) is 0 Å². The minimum Gasteiger partial charge on any atom is -0.464 e. The number of benzene rings is 3. The van der Waals surface area contributed by atoms with Crippen LogP contribution in [0.1, 0.15) is 47.9 Å². The third kappa shape index (κ3) is 2.73. The molecule has 3 heterocycles. The van der Waals surface area contributed by atoms with Crippen LogP contribution in [-0.2, 0) is 6.42 Å². The van der Waals surface area contributed by atoms with Crippen molar-refractivity contribution in [3.05, 3.63) is 89.0 Å². The molecule has 3 aliphatic heterocycles. The van der Waals surface area contributed by atoms with Crippen molar-refractivity contribution in [1.29, 1.82) is 0 Å². The third-order valence-electron chi connectivity index (χ3n) is 6.08.